The average molecular weight is 414 g/mol. The Morgan fingerprint density at radius 3 is 2.81 bits per heavy atom. The highest BCUT2D eigenvalue weighted by Gasteiger charge is 2.24. The van der Waals surface area contributed by atoms with Gasteiger partial charge >= 0.3 is 5.97 Å². The van der Waals surface area contributed by atoms with Gasteiger partial charge in [-0.2, -0.15) is 11.8 Å². The maximum Gasteiger partial charge on any atom is 0.338 e. The number of rotatable bonds is 2. The van der Waals surface area contributed by atoms with Crippen molar-refractivity contribution in [2.24, 2.45) is 0 Å². The van der Waals surface area contributed by atoms with E-state index in [2.05, 4.69) is 17.9 Å². The molecule has 1 atom stereocenters. The second-order valence-corrected chi connectivity index (χ2v) is 7.61. The Bertz CT molecular complexity index is 737. The quantitative estimate of drug-likeness (QED) is 0.505. The number of methoxy groups -OCH3 is 1. The van der Waals surface area contributed by atoms with Crippen LogP contribution in [0.5, 0.6) is 11.5 Å². The summed E-state index contributed by atoms with van der Waals surface area (Å²) in [5.74, 6) is 0.0596. The molecule has 2 N–H and O–H groups in total. The second kappa shape index (κ2) is 9.89. The van der Waals surface area contributed by atoms with Gasteiger partial charge in [0.25, 0.3) is 0 Å². The van der Waals surface area contributed by atoms with E-state index in [9.17, 15) is 19.5 Å². The van der Waals surface area contributed by atoms with Gasteiger partial charge in [-0.15, -0.1) is 12.6 Å². The molecule has 0 radical (unpaired) electrons. The number of hydrogen-bond acceptors (Lipinski definition) is 7. The summed E-state index contributed by atoms with van der Waals surface area (Å²) in [5, 5.41) is 12.6. The Morgan fingerprint density at radius 1 is 1.41 bits per heavy atom. The van der Waals surface area contributed by atoms with Crippen LogP contribution in [0.2, 0.25) is 0 Å². The van der Waals surface area contributed by atoms with Crippen LogP contribution >= 0.6 is 24.4 Å². The maximum atomic E-state index is 12.6. The zero-order valence-electron chi connectivity index (χ0n) is 15.2. The van der Waals surface area contributed by atoms with Gasteiger partial charge in [0, 0.05) is 35.1 Å². The summed E-state index contributed by atoms with van der Waals surface area (Å²) in [5.41, 5.74) is 1.27. The molecular formula is C18H23NO6S2. The van der Waals surface area contributed by atoms with Crippen LogP contribution in [0.1, 0.15) is 40.7 Å². The van der Waals surface area contributed by atoms with Crippen LogP contribution in [0.25, 0.3) is 0 Å². The van der Waals surface area contributed by atoms with E-state index in [1.807, 2.05) is 0 Å². The first-order valence-corrected chi connectivity index (χ1v) is 10.1. The highest BCUT2D eigenvalue weighted by atomic mass is 32.2. The Kier molecular flexibility index (Phi) is 7.85. The van der Waals surface area contributed by atoms with E-state index in [0.29, 0.717) is 29.7 Å². The van der Waals surface area contributed by atoms with E-state index in [4.69, 9.17) is 9.47 Å². The van der Waals surface area contributed by atoms with E-state index < -0.39 is 17.1 Å². The molecule has 7 nitrogen and oxygen atoms in total. The topological polar surface area (TPSA) is 102 Å². The number of esters is 1. The van der Waals surface area contributed by atoms with Crippen molar-refractivity contribution < 1.29 is 29.0 Å². The molecule has 9 heteroatoms. The number of fused-ring (bicyclic) bond motifs is 1. The van der Waals surface area contributed by atoms with Gasteiger partial charge in [-0.1, -0.05) is 0 Å². The minimum absolute atomic E-state index is 0.0817. The molecule has 0 unspecified atom stereocenters. The van der Waals surface area contributed by atoms with Crippen molar-refractivity contribution in [3.8, 4) is 11.5 Å². The number of aromatic hydroxyl groups is 1. The number of benzene rings is 1. The van der Waals surface area contributed by atoms with E-state index in [1.165, 1.54) is 24.9 Å². The molecule has 0 saturated carbocycles. The van der Waals surface area contributed by atoms with Gasteiger partial charge in [-0.3, -0.25) is 9.59 Å². The number of hydrogen-bond donors (Lipinski definition) is 3. The summed E-state index contributed by atoms with van der Waals surface area (Å²) >= 11 is 5.15. The lowest BCUT2D eigenvalue weighted by Gasteiger charge is -2.19. The fourth-order valence-electron chi connectivity index (χ4n) is 2.78. The highest BCUT2D eigenvalue weighted by Crippen LogP contribution is 2.35. The highest BCUT2D eigenvalue weighted by molar-refractivity contribution is 7.99. The second-order valence-electron chi connectivity index (χ2n) is 6.14. The zero-order chi connectivity index (χ0) is 20.0. The van der Waals surface area contributed by atoms with Gasteiger partial charge in [0.15, 0.2) is 0 Å². The molecule has 0 aromatic heterocycles. The van der Waals surface area contributed by atoms with Crippen molar-refractivity contribution in [3.63, 3.8) is 0 Å². The molecule has 1 amide bonds. The Hall–Kier alpha value is -1.87. The van der Waals surface area contributed by atoms with Gasteiger partial charge in [-0.05, 0) is 19.8 Å². The number of nitrogens with one attached hydrogen (secondary N) is 1. The Labute approximate surface area is 167 Å². The SMILES string of the molecule is COc1cc(O)c2c(c1C)C(=O)OCCCCC(=O)N[C@@H](C(=O)S)CSC2. The van der Waals surface area contributed by atoms with Gasteiger partial charge < -0.3 is 19.9 Å². The fraction of sp³-hybridized carbons (Fsp3) is 0.500. The van der Waals surface area contributed by atoms with Crippen LogP contribution in [0.3, 0.4) is 0 Å². The first kappa shape index (κ1) is 21.4. The Morgan fingerprint density at radius 2 is 2.15 bits per heavy atom. The van der Waals surface area contributed by atoms with Crippen LogP contribution in [0.4, 0.5) is 0 Å². The molecule has 1 aromatic carbocycles. The third-order valence-electron chi connectivity index (χ3n) is 4.24. The smallest absolute Gasteiger partial charge is 0.338 e. The van der Waals surface area contributed by atoms with E-state index in [-0.39, 0.29) is 41.8 Å². The number of carbonyl (C=O) groups excluding carboxylic acids is 3. The number of amides is 1. The third kappa shape index (κ3) is 5.55. The van der Waals surface area contributed by atoms with Crippen molar-refractivity contribution in [1.29, 1.82) is 0 Å². The fourth-order valence-corrected chi connectivity index (χ4v) is 4.14. The predicted molar refractivity (Wildman–Crippen MR) is 106 cm³/mol. The number of thiol groups is 1. The van der Waals surface area contributed by atoms with Crippen molar-refractivity contribution in [1.82, 2.24) is 5.32 Å². The number of thioether (sulfide) groups is 1. The van der Waals surface area contributed by atoms with E-state index >= 15 is 0 Å². The van der Waals surface area contributed by atoms with Gasteiger partial charge in [0.2, 0.25) is 11.0 Å². The van der Waals surface area contributed by atoms with Crippen LogP contribution in [-0.4, -0.2) is 47.6 Å². The van der Waals surface area contributed by atoms with Crippen LogP contribution in [-0.2, 0) is 20.1 Å². The molecule has 1 aliphatic heterocycles. The number of ether oxygens (including phenoxy) is 2. The van der Waals surface area contributed by atoms with Crippen LogP contribution < -0.4 is 10.1 Å². The average Bonchev–Trinajstić information content (AvgIpc) is 2.62. The molecule has 0 fully saturated rings. The first-order valence-electron chi connectivity index (χ1n) is 8.51. The molecule has 0 bridgehead atoms. The molecule has 0 saturated heterocycles. The third-order valence-corrected chi connectivity index (χ3v) is 5.62. The van der Waals surface area contributed by atoms with Crippen molar-refractivity contribution in [2.45, 2.75) is 38.0 Å². The summed E-state index contributed by atoms with van der Waals surface area (Å²) in [6, 6.07) is 0.722. The zero-order valence-corrected chi connectivity index (χ0v) is 17.0. The van der Waals surface area contributed by atoms with Crippen molar-refractivity contribution >= 4 is 41.4 Å². The molecule has 27 heavy (non-hydrogen) atoms. The summed E-state index contributed by atoms with van der Waals surface area (Å²) < 4.78 is 10.6. The van der Waals surface area contributed by atoms with Crippen LogP contribution in [0, 0.1) is 6.92 Å². The van der Waals surface area contributed by atoms with Crippen molar-refractivity contribution in [3.05, 3.63) is 22.8 Å². The summed E-state index contributed by atoms with van der Waals surface area (Å²) in [4.78, 5) is 36.2. The maximum absolute atomic E-state index is 12.6. The monoisotopic (exact) mass is 413 g/mol. The largest absolute Gasteiger partial charge is 0.507 e. The van der Waals surface area contributed by atoms with E-state index in [1.54, 1.807) is 6.92 Å². The summed E-state index contributed by atoms with van der Waals surface area (Å²) in [7, 11) is 1.46. The lowest BCUT2D eigenvalue weighted by molar-refractivity contribution is -0.124. The molecule has 1 heterocycles. The minimum atomic E-state index is -0.731. The molecule has 0 spiro atoms. The predicted octanol–water partition coefficient (Wildman–Crippen LogP) is 2.22. The molecule has 0 aliphatic carbocycles. The first-order chi connectivity index (χ1) is 12.8. The molecule has 1 aromatic rings. The lowest BCUT2D eigenvalue weighted by atomic mass is 10.0. The number of cyclic esters (lactones) is 1. The molecule has 1 aliphatic rings. The number of phenolic OH excluding ortho intramolecular Hbond substituents is 1. The van der Waals surface area contributed by atoms with Crippen LogP contribution in [0.15, 0.2) is 6.07 Å². The molecule has 148 valence electrons. The number of phenols is 1. The minimum Gasteiger partial charge on any atom is -0.507 e. The lowest BCUT2D eigenvalue weighted by Crippen LogP contribution is -2.40. The number of carbonyl (C=O) groups is 3. The van der Waals surface area contributed by atoms with Crippen molar-refractivity contribution in [2.75, 3.05) is 19.5 Å². The summed E-state index contributed by atoms with van der Waals surface area (Å²) in [6.07, 6.45) is 1.27. The molecule has 2 rings (SSSR count). The molecular weight excluding hydrogens is 390 g/mol. The van der Waals surface area contributed by atoms with Gasteiger partial charge in [-0.25, -0.2) is 4.79 Å². The summed E-state index contributed by atoms with van der Waals surface area (Å²) in [6.45, 7) is 1.89. The van der Waals surface area contributed by atoms with Gasteiger partial charge in [0.1, 0.15) is 17.5 Å². The Balaban J connectivity index is 2.36. The van der Waals surface area contributed by atoms with E-state index in [0.717, 1.165) is 0 Å². The standard InChI is InChI=1S/C18H23NO6S2/c1-10-14(24-2)7-13(20)11-8-27-9-12(18(23)26)19-15(21)5-3-4-6-25-17(22)16(10)11/h7,12,20H,3-6,8-9H2,1-2H3,(H,19,21)(H,23,26)/t12-/m1/s1. The normalized spacial score (nSPS) is 19.3. The van der Waals surface area contributed by atoms with Gasteiger partial charge in [0.05, 0.1) is 19.3 Å².